The monoisotopic (exact) mass is 191 g/mol. The number of H-pyrrole nitrogens is 2. The van der Waals surface area contributed by atoms with E-state index in [1.54, 1.807) is 0 Å². The SMILES string of the molecule is NC(CCO)c1[nH]c(=O)[nH]c1Cl. The first kappa shape index (κ1) is 9.31. The number of halogens is 1. The molecule has 0 aromatic carbocycles. The summed E-state index contributed by atoms with van der Waals surface area (Å²) in [6.45, 7) is -0.0370. The van der Waals surface area contributed by atoms with E-state index in [2.05, 4.69) is 9.97 Å². The molecule has 5 N–H and O–H groups in total. The largest absolute Gasteiger partial charge is 0.396 e. The molecule has 0 aliphatic carbocycles. The second kappa shape index (κ2) is 3.75. The van der Waals surface area contributed by atoms with Crippen molar-refractivity contribution in [3.05, 3.63) is 21.3 Å². The minimum atomic E-state index is -0.429. The highest BCUT2D eigenvalue weighted by Gasteiger charge is 2.12. The molecule has 1 atom stereocenters. The molecule has 1 rings (SSSR count). The summed E-state index contributed by atoms with van der Waals surface area (Å²) in [7, 11) is 0. The van der Waals surface area contributed by atoms with Gasteiger partial charge in [0.2, 0.25) is 0 Å². The third-order valence-corrected chi connectivity index (χ3v) is 1.82. The molecule has 68 valence electrons. The number of nitrogens with two attached hydrogens (primary N) is 1. The Morgan fingerprint density at radius 1 is 1.58 bits per heavy atom. The molecule has 1 aromatic rings. The van der Waals surface area contributed by atoms with Gasteiger partial charge in [-0.15, -0.1) is 0 Å². The molecule has 1 heterocycles. The van der Waals surface area contributed by atoms with Gasteiger partial charge in [0.1, 0.15) is 5.15 Å². The lowest BCUT2D eigenvalue weighted by molar-refractivity contribution is 0.276. The molecular weight excluding hydrogens is 182 g/mol. The van der Waals surface area contributed by atoms with Crippen molar-refractivity contribution < 1.29 is 5.11 Å². The highest BCUT2D eigenvalue weighted by atomic mass is 35.5. The summed E-state index contributed by atoms with van der Waals surface area (Å²) < 4.78 is 0. The second-order valence-electron chi connectivity index (χ2n) is 2.43. The first-order valence-corrected chi connectivity index (χ1v) is 3.87. The highest BCUT2D eigenvalue weighted by molar-refractivity contribution is 6.30. The summed E-state index contributed by atoms with van der Waals surface area (Å²) in [5.41, 5.74) is 5.64. The van der Waals surface area contributed by atoms with Gasteiger partial charge < -0.3 is 15.8 Å². The van der Waals surface area contributed by atoms with Crippen LogP contribution in [-0.2, 0) is 0 Å². The minimum absolute atomic E-state index is 0.0370. The molecule has 1 unspecified atom stereocenters. The van der Waals surface area contributed by atoms with E-state index in [9.17, 15) is 4.79 Å². The molecule has 0 amide bonds. The Balaban J connectivity index is 2.86. The van der Waals surface area contributed by atoms with Crippen molar-refractivity contribution in [3.8, 4) is 0 Å². The van der Waals surface area contributed by atoms with Gasteiger partial charge in [0.25, 0.3) is 0 Å². The molecule has 6 heteroatoms. The standard InChI is InChI=1S/C6H10ClN3O2/c7-5-4(3(8)1-2-11)9-6(12)10-5/h3,11H,1-2,8H2,(H2,9,10,12). The number of hydrogen-bond donors (Lipinski definition) is 4. The molecule has 5 nitrogen and oxygen atoms in total. The van der Waals surface area contributed by atoms with Crippen molar-refractivity contribution in [3.63, 3.8) is 0 Å². The summed E-state index contributed by atoms with van der Waals surface area (Å²) in [5.74, 6) is 0. The third-order valence-electron chi connectivity index (χ3n) is 1.52. The summed E-state index contributed by atoms with van der Waals surface area (Å²) >= 11 is 5.63. The van der Waals surface area contributed by atoms with E-state index in [-0.39, 0.29) is 17.4 Å². The van der Waals surface area contributed by atoms with E-state index in [1.165, 1.54) is 0 Å². The van der Waals surface area contributed by atoms with Crippen LogP contribution in [0.3, 0.4) is 0 Å². The number of aromatic nitrogens is 2. The topological polar surface area (TPSA) is 94.9 Å². The number of aromatic amines is 2. The quantitative estimate of drug-likeness (QED) is 0.530. The van der Waals surface area contributed by atoms with Gasteiger partial charge in [-0.05, 0) is 6.42 Å². The van der Waals surface area contributed by atoms with E-state index < -0.39 is 6.04 Å². The lowest BCUT2D eigenvalue weighted by atomic mass is 10.2. The van der Waals surface area contributed by atoms with Crippen molar-refractivity contribution in [1.82, 2.24) is 9.97 Å². The predicted octanol–water partition coefficient (Wildman–Crippen LogP) is -0.261. The van der Waals surface area contributed by atoms with Crippen LogP contribution in [0, 0.1) is 0 Å². The molecule has 0 aliphatic rings. The number of aliphatic hydroxyl groups excluding tert-OH is 1. The molecule has 0 saturated heterocycles. The summed E-state index contributed by atoms with van der Waals surface area (Å²) in [4.78, 5) is 15.5. The van der Waals surface area contributed by atoms with Crippen molar-refractivity contribution in [1.29, 1.82) is 0 Å². The van der Waals surface area contributed by atoms with Gasteiger partial charge >= 0.3 is 5.69 Å². The zero-order chi connectivity index (χ0) is 9.14. The molecule has 0 aliphatic heterocycles. The zero-order valence-corrected chi connectivity index (χ0v) is 7.06. The average molecular weight is 192 g/mol. The maximum Gasteiger partial charge on any atom is 0.324 e. The van der Waals surface area contributed by atoms with E-state index in [0.29, 0.717) is 12.1 Å². The maximum absolute atomic E-state index is 10.7. The predicted molar refractivity (Wildman–Crippen MR) is 45.1 cm³/mol. The van der Waals surface area contributed by atoms with Crippen LogP contribution in [0.1, 0.15) is 18.2 Å². The van der Waals surface area contributed by atoms with Gasteiger partial charge in [-0.1, -0.05) is 11.6 Å². The van der Waals surface area contributed by atoms with Gasteiger partial charge in [0, 0.05) is 6.61 Å². The Labute approximate surface area is 73.6 Å². The normalized spacial score (nSPS) is 13.2. The molecule has 0 radical (unpaired) electrons. The Bertz CT molecular complexity index is 306. The van der Waals surface area contributed by atoms with Gasteiger partial charge in [-0.2, -0.15) is 0 Å². The molecular formula is C6H10ClN3O2. The summed E-state index contributed by atoms with van der Waals surface area (Å²) in [5, 5.41) is 8.78. The van der Waals surface area contributed by atoms with Gasteiger partial charge in [-0.25, -0.2) is 4.79 Å². The first-order valence-electron chi connectivity index (χ1n) is 3.49. The summed E-state index contributed by atoms with van der Waals surface area (Å²) in [6, 6.07) is -0.429. The Hall–Kier alpha value is -0.780. The van der Waals surface area contributed by atoms with Crippen molar-refractivity contribution >= 4 is 11.6 Å². The van der Waals surface area contributed by atoms with Gasteiger partial charge in [0.15, 0.2) is 0 Å². The number of aliphatic hydroxyl groups is 1. The van der Waals surface area contributed by atoms with Crippen LogP contribution in [0.2, 0.25) is 5.15 Å². The van der Waals surface area contributed by atoms with Crippen LogP contribution >= 0.6 is 11.6 Å². The van der Waals surface area contributed by atoms with Crippen molar-refractivity contribution in [2.75, 3.05) is 6.61 Å². The lowest BCUT2D eigenvalue weighted by Gasteiger charge is -2.06. The van der Waals surface area contributed by atoms with Crippen LogP contribution in [0.4, 0.5) is 0 Å². The highest BCUT2D eigenvalue weighted by Crippen LogP contribution is 2.16. The van der Waals surface area contributed by atoms with Crippen LogP contribution < -0.4 is 11.4 Å². The molecule has 0 bridgehead atoms. The fourth-order valence-electron chi connectivity index (χ4n) is 0.914. The smallest absolute Gasteiger partial charge is 0.324 e. The van der Waals surface area contributed by atoms with Gasteiger partial charge in [-0.3, -0.25) is 4.98 Å². The fraction of sp³-hybridized carbons (Fsp3) is 0.500. The number of rotatable bonds is 3. The summed E-state index contributed by atoms with van der Waals surface area (Å²) in [6.07, 6.45) is 0.369. The van der Waals surface area contributed by atoms with E-state index in [4.69, 9.17) is 22.4 Å². The molecule has 1 aromatic heterocycles. The molecule has 0 saturated carbocycles. The number of nitrogens with one attached hydrogen (secondary N) is 2. The van der Waals surface area contributed by atoms with Crippen LogP contribution in [0.5, 0.6) is 0 Å². The Kier molecular flexibility index (Phi) is 2.91. The average Bonchev–Trinajstić information content (AvgIpc) is 2.30. The lowest BCUT2D eigenvalue weighted by Crippen LogP contribution is -2.14. The van der Waals surface area contributed by atoms with Crippen molar-refractivity contribution in [2.45, 2.75) is 12.5 Å². The molecule has 0 fully saturated rings. The van der Waals surface area contributed by atoms with E-state index in [0.717, 1.165) is 0 Å². The third kappa shape index (κ3) is 1.88. The maximum atomic E-state index is 10.7. The van der Waals surface area contributed by atoms with E-state index in [1.807, 2.05) is 0 Å². The number of imidazole rings is 1. The van der Waals surface area contributed by atoms with Gasteiger partial charge in [0.05, 0.1) is 11.7 Å². The van der Waals surface area contributed by atoms with Crippen LogP contribution in [0.15, 0.2) is 4.79 Å². The molecule has 12 heavy (non-hydrogen) atoms. The zero-order valence-electron chi connectivity index (χ0n) is 6.30. The fourth-order valence-corrected chi connectivity index (χ4v) is 1.19. The Morgan fingerprint density at radius 2 is 2.25 bits per heavy atom. The van der Waals surface area contributed by atoms with Crippen LogP contribution in [0.25, 0.3) is 0 Å². The Morgan fingerprint density at radius 3 is 2.67 bits per heavy atom. The first-order chi connectivity index (χ1) is 5.65. The number of hydrogen-bond acceptors (Lipinski definition) is 3. The molecule has 0 spiro atoms. The second-order valence-corrected chi connectivity index (χ2v) is 2.80. The van der Waals surface area contributed by atoms with Crippen LogP contribution in [-0.4, -0.2) is 21.7 Å². The van der Waals surface area contributed by atoms with Crippen molar-refractivity contribution in [2.24, 2.45) is 5.73 Å². The minimum Gasteiger partial charge on any atom is -0.396 e. The van der Waals surface area contributed by atoms with E-state index >= 15 is 0 Å².